The van der Waals surface area contributed by atoms with Crippen molar-refractivity contribution in [3.63, 3.8) is 0 Å². The van der Waals surface area contributed by atoms with Gasteiger partial charge in [0.15, 0.2) is 0 Å². The molecule has 5 heteroatoms. The van der Waals surface area contributed by atoms with Crippen LogP contribution in [0.3, 0.4) is 0 Å². The molecule has 0 bridgehead atoms. The summed E-state index contributed by atoms with van der Waals surface area (Å²) in [4.78, 5) is 11.5. The molecule has 108 valence electrons. The number of nitrogens with one attached hydrogen (secondary N) is 1. The third-order valence-electron chi connectivity index (χ3n) is 2.98. The van der Waals surface area contributed by atoms with E-state index in [9.17, 15) is 18.0 Å². The number of alkyl halides is 3. The number of halogens is 3. The second-order valence-electron chi connectivity index (χ2n) is 5.98. The largest absolute Gasteiger partial charge is 0.393 e. The molecule has 0 aromatic carbocycles. The number of carbonyl (C=O) groups is 1. The summed E-state index contributed by atoms with van der Waals surface area (Å²) in [6.07, 6.45) is -3.71. The predicted molar refractivity (Wildman–Crippen MR) is 66.1 cm³/mol. The average molecular weight is 267 g/mol. The summed E-state index contributed by atoms with van der Waals surface area (Å²) in [6, 6.07) is 0.00602. The minimum absolute atomic E-state index is 0.00602. The second-order valence-corrected chi connectivity index (χ2v) is 5.98. The molecule has 0 heterocycles. The van der Waals surface area contributed by atoms with Gasteiger partial charge in [0.25, 0.3) is 0 Å². The SMILES string of the molecule is CC(C)CC(C)NC(=O)CCC(C)(C)C(F)(F)F. The fourth-order valence-corrected chi connectivity index (χ4v) is 1.68. The zero-order valence-corrected chi connectivity index (χ0v) is 11.8. The summed E-state index contributed by atoms with van der Waals surface area (Å²) >= 11 is 0. The Kier molecular flexibility index (Phi) is 6.17. The van der Waals surface area contributed by atoms with E-state index in [4.69, 9.17) is 0 Å². The molecule has 1 unspecified atom stereocenters. The van der Waals surface area contributed by atoms with Gasteiger partial charge >= 0.3 is 6.18 Å². The van der Waals surface area contributed by atoms with Crippen molar-refractivity contribution >= 4 is 5.91 Å². The number of hydrogen-bond acceptors (Lipinski definition) is 1. The molecule has 1 atom stereocenters. The second kappa shape index (κ2) is 6.43. The topological polar surface area (TPSA) is 29.1 Å². The van der Waals surface area contributed by atoms with Gasteiger partial charge in [-0.15, -0.1) is 0 Å². The van der Waals surface area contributed by atoms with Gasteiger partial charge in [-0.3, -0.25) is 4.79 Å². The van der Waals surface area contributed by atoms with Crippen LogP contribution in [-0.4, -0.2) is 18.1 Å². The Morgan fingerprint density at radius 1 is 1.17 bits per heavy atom. The van der Waals surface area contributed by atoms with E-state index in [0.29, 0.717) is 5.92 Å². The minimum Gasteiger partial charge on any atom is -0.354 e. The van der Waals surface area contributed by atoms with Crippen LogP contribution in [0.4, 0.5) is 13.2 Å². The molecule has 0 aromatic rings. The maximum Gasteiger partial charge on any atom is 0.393 e. The Balaban J connectivity index is 4.12. The van der Waals surface area contributed by atoms with Crippen molar-refractivity contribution in [2.24, 2.45) is 11.3 Å². The van der Waals surface area contributed by atoms with Crippen molar-refractivity contribution in [1.82, 2.24) is 5.32 Å². The summed E-state index contributed by atoms with van der Waals surface area (Å²) in [7, 11) is 0. The molecule has 0 saturated carbocycles. The van der Waals surface area contributed by atoms with Crippen LogP contribution in [0.2, 0.25) is 0 Å². The molecule has 1 amide bonds. The molecule has 0 aliphatic carbocycles. The fourth-order valence-electron chi connectivity index (χ4n) is 1.68. The molecule has 1 N–H and O–H groups in total. The maximum atomic E-state index is 12.6. The van der Waals surface area contributed by atoms with E-state index < -0.39 is 11.6 Å². The number of carbonyl (C=O) groups excluding carboxylic acids is 1. The summed E-state index contributed by atoms with van der Waals surface area (Å²) in [5, 5.41) is 2.73. The van der Waals surface area contributed by atoms with Gasteiger partial charge in [0.1, 0.15) is 0 Å². The molecule has 0 rings (SSSR count). The first-order chi connectivity index (χ1) is 7.95. The minimum atomic E-state index is -4.27. The fraction of sp³-hybridized carbons (Fsp3) is 0.923. The predicted octanol–water partition coefficient (Wildman–Crippen LogP) is 3.91. The van der Waals surface area contributed by atoms with Gasteiger partial charge in [-0.2, -0.15) is 13.2 Å². The van der Waals surface area contributed by atoms with Crippen LogP contribution in [0.15, 0.2) is 0 Å². The molecular formula is C13H24F3NO. The zero-order chi connectivity index (χ0) is 14.6. The standard InChI is InChI=1S/C13H24F3NO/c1-9(2)8-10(3)17-11(18)6-7-12(4,5)13(14,15)16/h9-10H,6-8H2,1-5H3,(H,17,18). The normalized spacial score (nSPS) is 14.7. The van der Waals surface area contributed by atoms with Crippen molar-refractivity contribution < 1.29 is 18.0 Å². The molecule has 0 aliphatic heterocycles. The van der Waals surface area contributed by atoms with Gasteiger partial charge in [0, 0.05) is 12.5 Å². The van der Waals surface area contributed by atoms with Crippen LogP contribution >= 0.6 is 0 Å². The van der Waals surface area contributed by atoms with Gasteiger partial charge < -0.3 is 5.32 Å². The monoisotopic (exact) mass is 267 g/mol. The first-order valence-electron chi connectivity index (χ1n) is 6.32. The Morgan fingerprint density at radius 3 is 2.06 bits per heavy atom. The van der Waals surface area contributed by atoms with E-state index in [1.54, 1.807) is 0 Å². The maximum absolute atomic E-state index is 12.6. The lowest BCUT2D eigenvalue weighted by Crippen LogP contribution is -2.37. The highest BCUT2D eigenvalue weighted by Crippen LogP contribution is 2.40. The Hall–Kier alpha value is -0.740. The van der Waals surface area contributed by atoms with E-state index in [1.165, 1.54) is 0 Å². The van der Waals surface area contributed by atoms with Crippen LogP contribution in [0.25, 0.3) is 0 Å². The van der Waals surface area contributed by atoms with E-state index >= 15 is 0 Å². The lowest BCUT2D eigenvalue weighted by Gasteiger charge is -2.27. The van der Waals surface area contributed by atoms with Crippen molar-refractivity contribution in [3.05, 3.63) is 0 Å². The summed E-state index contributed by atoms with van der Waals surface area (Å²) < 4.78 is 37.8. The first-order valence-corrected chi connectivity index (χ1v) is 6.32. The van der Waals surface area contributed by atoms with Crippen LogP contribution in [-0.2, 0) is 4.79 Å². The Bertz CT molecular complexity index is 272. The molecule has 0 radical (unpaired) electrons. The molecule has 0 aliphatic rings. The van der Waals surface area contributed by atoms with E-state index in [0.717, 1.165) is 20.3 Å². The lowest BCUT2D eigenvalue weighted by atomic mass is 9.87. The van der Waals surface area contributed by atoms with Crippen molar-refractivity contribution in [2.75, 3.05) is 0 Å². The molecule has 0 aromatic heterocycles. The number of amides is 1. The van der Waals surface area contributed by atoms with Crippen LogP contribution in [0.1, 0.15) is 53.9 Å². The van der Waals surface area contributed by atoms with Crippen molar-refractivity contribution in [3.8, 4) is 0 Å². The van der Waals surface area contributed by atoms with Crippen LogP contribution in [0, 0.1) is 11.3 Å². The number of rotatable bonds is 6. The molecular weight excluding hydrogens is 243 g/mol. The smallest absolute Gasteiger partial charge is 0.354 e. The summed E-state index contributed by atoms with van der Waals surface area (Å²) in [5.74, 6) is 0.146. The summed E-state index contributed by atoms with van der Waals surface area (Å²) in [6.45, 7) is 8.19. The van der Waals surface area contributed by atoms with E-state index in [1.807, 2.05) is 20.8 Å². The highest BCUT2D eigenvalue weighted by Gasteiger charge is 2.46. The highest BCUT2D eigenvalue weighted by molar-refractivity contribution is 5.76. The van der Waals surface area contributed by atoms with Gasteiger partial charge in [-0.25, -0.2) is 0 Å². The molecule has 0 spiro atoms. The Labute approximate surface area is 107 Å². The van der Waals surface area contributed by atoms with Crippen molar-refractivity contribution in [2.45, 2.75) is 66.1 Å². The highest BCUT2D eigenvalue weighted by atomic mass is 19.4. The molecule has 0 saturated heterocycles. The molecule has 0 fully saturated rings. The van der Waals surface area contributed by atoms with Gasteiger partial charge in [-0.1, -0.05) is 27.7 Å². The van der Waals surface area contributed by atoms with Gasteiger partial charge in [0.05, 0.1) is 5.41 Å². The quantitative estimate of drug-likeness (QED) is 0.776. The number of hydrogen-bond donors (Lipinski definition) is 1. The van der Waals surface area contributed by atoms with Gasteiger partial charge in [-0.05, 0) is 25.7 Å². The Morgan fingerprint density at radius 2 is 1.67 bits per heavy atom. The first kappa shape index (κ1) is 17.3. The van der Waals surface area contributed by atoms with E-state index in [-0.39, 0.29) is 24.8 Å². The third-order valence-corrected chi connectivity index (χ3v) is 2.98. The van der Waals surface area contributed by atoms with Gasteiger partial charge in [0.2, 0.25) is 5.91 Å². The van der Waals surface area contributed by atoms with Crippen molar-refractivity contribution in [1.29, 1.82) is 0 Å². The third kappa shape index (κ3) is 6.26. The average Bonchev–Trinajstić information content (AvgIpc) is 2.11. The summed E-state index contributed by atoms with van der Waals surface area (Å²) in [5.41, 5.74) is -1.81. The lowest BCUT2D eigenvalue weighted by molar-refractivity contribution is -0.213. The van der Waals surface area contributed by atoms with E-state index in [2.05, 4.69) is 5.32 Å². The van der Waals surface area contributed by atoms with Crippen LogP contribution < -0.4 is 5.32 Å². The van der Waals surface area contributed by atoms with Crippen LogP contribution in [0.5, 0.6) is 0 Å². The zero-order valence-electron chi connectivity index (χ0n) is 11.8. The molecule has 2 nitrogen and oxygen atoms in total. The molecule has 18 heavy (non-hydrogen) atoms.